The van der Waals surface area contributed by atoms with Crippen LogP contribution < -0.4 is 15.4 Å². The quantitative estimate of drug-likeness (QED) is 0.528. The second kappa shape index (κ2) is 8.63. The Morgan fingerprint density at radius 1 is 1.16 bits per heavy atom. The SMILES string of the molecule is C=C(C)COc1ccc(C2(C)NC(=O)N(CC(=O)Nc3ccc(C)cc3C)C2=O)cc1. The summed E-state index contributed by atoms with van der Waals surface area (Å²) in [6.45, 7) is 11.2. The lowest BCUT2D eigenvalue weighted by atomic mass is 9.92. The largest absolute Gasteiger partial charge is 0.489 e. The highest BCUT2D eigenvalue weighted by Crippen LogP contribution is 2.30. The number of nitrogens with zero attached hydrogens (tertiary/aromatic N) is 1. The minimum Gasteiger partial charge on any atom is -0.489 e. The third-order valence-corrected chi connectivity index (χ3v) is 5.15. The lowest BCUT2D eigenvalue weighted by Crippen LogP contribution is -2.42. The minimum absolute atomic E-state index is 0.368. The number of anilines is 1. The molecular formula is C24H27N3O4. The van der Waals surface area contributed by atoms with E-state index in [1.54, 1.807) is 37.3 Å². The number of hydrogen-bond donors (Lipinski definition) is 2. The highest BCUT2D eigenvalue weighted by Gasteiger charge is 2.49. The normalized spacial score (nSPS) is 18.0. The molecule has 1 saturated heterocycles. The highest BCUT2D eigenvalue weighted by atomic mass is 16.5. The fourth-order valence-electron chi connectivity index (χ4n) is 3.41. The van der Waals surface area contributed by atoms with Crippen molar-refractivity contribution in [1.82, 2.24) is 10.2 Å². The smallest absolute Gasteiger partial charge is 0.325 e. The minimum atomic E-state index is -1.26. The van der Waals surface area contributed by atoms with Gasteiger partial charge in [-0.2, -0.15) is 0 Å². The molecule has 3 rings (SSSR count). The number of carbonyl (C=O) groups excluding carboxylic acids is 3. The van der Waals surface area contributed by atoms with Crippen molar-refractivity contribution in [3.63, 3.8) is 0 Å². The lowest BCUT2D eigenvalue weighted by molar-refractivity contribution is -0.133. The Morgan fingerprint density at radius 2 is 1.84 bits per heavy atom. The van der Waals surface area contributed by atoms with Gasteiger partial charge in [0.2, 0.25) is 5.91 Å². The van der Waals surface area contributed by atoms with Crippen LogP contribution in [0.4, 0.5) is 10.5 Å². The van der Waals surface area contributed by atoms with Crippen LogP contribution in [0.3, 0.4) is 0 Å². The summed E-state index contributed by atoms with van der Waals surface area (Å²) in [5.74, 6) is -0.288. The molecule has 1 unspecified atom stereocenters. The number of urea groups is 1. The van der Waals surface area contributed by atoms with Crippen molar-refractivity contribution in [2.24, 2.45) is 0 Å². The first-order valence-electron chi connectivity index (χ1n) is 9.99. The Labute approximate surface area is 182 Å². The molecule has 4 amide bonds. The molecule has 2 aromatic carbocycles. The van der Waals surface area contributed by atoms with E-state index in [0.29, 0.717) is 23.6 Å². The molecule has 0 bridgehead atoms. The summed E-state index contributed by atoms with van der Waals surface area (Å²) in [4.78, 5) is 39.0. The van der Waals surface area contributed by atoms with E-state index in [1.807, 2.05) is 32.9 Å². The average Bonchev–Trinajstić information content (AvgIpc) is 2.93. The zero-order chi connectivity index (χ0) is 22.8. The van der Waals surface area contributed by atoms with Crippen LogP contribution in [-0.2, 0) is 15.1 Å². The topological polar surface area (TPSA) is 87.7 Å². The van der Waals surface area contributed by atoms with Crippen molar-refractivity contribution in [2.45, 2.75) is 33.2 Å². The molecule has 31 heavy (non-hydrogen) atoms. The molecule has 0 radical (unpaired) electrons. The van der Waals surface area contributed by atoms with Crippen LogP contribution in [0.1, 0.15) is 30.5 Å². The highest BCUT2D eigenvalue weighted by molar-refractivity contribution is 6.10. The summed E-state index contributed by atoms with van der Waals surface area (Å²) >= 11 is 0. The van der Waals surface area contributed by atoms with Gasteiger partial charge in [-0.3, -0.25) is 14.5 Å². The molecule has 2 aromatic rings. The molecule has 1 aliphatic heterocycles. The molecule has 0 spiro atoms. The number of rotatable bonds is 7. The van der Waals surface area contributed by atoms with Gasteiger partial charge in [-0.05, 0) is 62.6 Å². The monoisotopic (exact) mass is 421 g/mol. The fourth-order valence-corrected chi connectivity index (χ4v) is 3.41. The first kappa shape index (κ1) is 22.1. The molecule has 0 aromatic heterocycles. The number of aryl methyl sites for hydroxylation is 2. The zero-order valence-corrected chi connectivity index (χ0v) is 18.2. The van der Waals surface area contributed by atoms with Crippen LogP contribution in [0, 0.1) is 13.8 Å². The fraction of sp³-hybridized carbons (Fsp3) is 0.292. The van der Waals surface area contributed by atoms with Crippen molar-refractivity contribution in [2.75, 3.05) is 18.5 Å². The Kier molecular flexibility index (Phi) is 6.15. The van der Waals surface area contributed by atoms with E-state index in [9.17, 15) is 14.4 Å². The summed E-state index contributed by atoms with van der Waals surface area (Å²) in [6.07, 6.45) is 0. The van der Waals surface area contributed by atoms with Crippen LogP contribution in [-0.4, -0.2) is 35.9 Å². The second-order valence-electron chi connectivity index (χ2n) is 8.08. The molecule has 162 valence electrons. The van der Waals surface area contributed by atoms with E-state index >= 15 is 0 Å². The van der Waals surface area contributed by atoms with Crippen molar-refractivity contribution in [3.8, 4) is 5.75 Å². The molecule has 1 atom stereocenters. The van der Waals surface area contributed by atoms with Gasteiger partial charge in [0.25, 0.3) is 5.91 Å². The van der Waals surface area contributed by atoms with Crippen LogP contribution >= 0.6 is 0 Å². The molecular weight excluding hydrogens is 394 g/mol. The lowest BCUT2D eigenvalue weighted by Gasteiger charge is -2.22. The van der Waals surface area contributed by atoms with Crippen LogP contribution in [0.15, 0.2) is 54.6 Å². The van der Waals surface area contributed by atoms with Gasteiger partial charge >= 0.3 is 6.03 Å². The number of nitrogens with one attached hydrogen (secondary N) is 2. The third kappa shape index (κ3) is 4.77. The molecule has 0 aliphatic carbocycles. The number of hydrogen-bond acceptors (Lipinski definition) is 4. The maximum Gasteiger partial charge on any atom is 0.325 e. The third-order valence-electron chi connectivity index (χ3n) is 5.15. The summed E-state index contributed by atoms with van der Waals surface area (Å²) in [5.41, 5.74) is 2.87. The Hall–Kier alpha value is -3.61. The molecule has 1 aliphatic rings. The van der Waals surface area contributed by atoms with E-state index in [4.69, 9.17) is 4.74 Å². The van der Waals surface area contributed by atoms with Gasteiger partial charge in [-0.25, -0.2) is 4.79 Å². The van der Waals surface area contributed by atoms with Gasteiger partial charge in [-0.1, -0.05) is 36.4 Å². The van der Waals surface area contributed by atoms with Gasteiger partial charge in [0.1, 0.15) is 24.4 Å². The number of carbonyl (C=O) groups is 3. The number of amides is 4. The predicted octanol–water partition coefficient (Wildman–Crippen LogP) is 3.66. The van der Waals surface area contributed by atoms with E-state index in [2.05, 4.69) is 17.2 Å². The van der Waals surface area contributed by atoms with Gasteiger partial charge in [0, 0.05) is 5.69 Å². The molecule has 7 nitrogen and oxygen atoms in total. The number of ether oxygens (including phenoxy) is 1. The first-order valence-corrected chi connectivity index (χ1v) is 9.99. The van der Waals surface area contributed by atoms with Gasteiger partial charge in [0.05, 0.1) is 0 Å². The zero-order valence-electron chi connectivity index (χ0n) is 18.2. The van der Waals surface area contributed by atoms with Crippen molar-refractivity contribution < 1.29 is 19.1 Å². The van der Waals surface area contributed by atoms with E-state index in [-0.39, 0.29) is 6.54 Å². The Balaban J connectivity index is 1.70. The Morgan fingerprint density at radius 3 is 2.45 bits per heavy atom. The van der Waals surface area contributed by atoms with Crippen molar-refractivity contribution in [1.29, 1.82) is 0 Å². The van der Waals surface area contributed by atoms with E-state index in [0.717, 1.165) is 21.6 Å². The maximum absolute atomic E-state index is 13.1. The summed E-state index contributed by atoms with van der Waals surface area (Å²) in [7, 11) is 0. The maximum atomic E-state index is 13.1. The van der Waals surface area contributed by atoms with E-state index < -0.39 is 23.4 Å². The van der Waals surface area contributed by atoms with E-state index in [1.165, 1.54) is 0 Å². The molecule has 1 fully saturated rings. The summed E-state index contributed by atoms with van der Waals surface area (Å²) in [5, 5.41) is 5.47. The van der Waals surface area contributed by atoms with Crippen LogP contribution in [0.25, 0.3) is 0 Å². The molecule has 2 N–H and O–H groups in total. The molecule has 7 heteroatoms. The molecule has 1 heterocycles. The molecule has 0 saturated carbocycles. The summed E-state index contributed by atoms with van der Waals surface area (Å²) < 4.78 is 5.58. The van der Waals surface area contributed by atoms with Crippen molar-refractivity contribution >= 4 is 23.5 Å². The van der Waals surface area contributed by atoms with Crippen LogP contribution in [0.2, 0.25) is 0 Å². The van der Waals surface area contributed by atoms with Gasteiger partial charge < -0.3 is 15.4 Å². The number of imide groups is 1. The summed E-state index contributed by atoms with van der Waals surface area (Å²) in [6, 6.07) is 12.0. The van der Waals surface area contributed by atoms with Crippen LogP contribution in [0.5, 0.6) is 5.75 Å². The Bertz CT molecular complexity index is 1050. The predicted molar refractivity (Wildman–Crippen MR) is 119 cm³/mol. The second-order valence-corrected chi connectivity index (χ2v) is 8.08. The first-order chi connectivity index (χ1) is 14.6. The average molecular weight is 421 g/mol. The van der Waals surface area contributed by atoms with Crippen molar-refractivity contribution in [3.05, 3.63) is 71.3 Å². The van der Waals surface area contributed by atoms with Gasteiger partial charge in [0.15, 0.2) is 0 Å². The van der Waals surface area contributed by atoms with Gasteiger partial charge in [-0.15, -0.1) is 0 Å². The number of benzene rings is 2. The standard InChI is InChI=1S/C24H27N3O4/c1-15(2)14-31-19-9-7-18(8-10-19)24(5)22(29)27(23(30)26-24)13-21(28)25-20-11-6-16(3)12-17(20)4/h6-12H,1,13-14H2,2-5H3,(H,25,28)(H,26,30).